The Kier molecular flexibility index (Phi) is 4.45. The van der Waals surface area contributed by atoms with Crippen LogP contribution in [-0.2, 0) is 9.59 Å². The van der Waals surface area contributed by atoms with Gasteiger partial charge in [-0.15, -0.1) is 11.3 Å². The molecule has 0 bridgehead atoms. The van der Waals surface area contributed by atoms with Gasteiger partial charge in [0.1, 0.15) is 0 Å². The first kappa shape index (κ1) is 13.4. The summed E-state index contributed by atoms with van der Waals surface area (Å²) in [7, 11) is 0. The van der Waals surface area contributed by atoms with E-state index in [-0.39, 0.29) is 23.1 Å². The molecule has 0 saturated heterocycles. The van der Waals surface area contributed by atoms with Gasteiger partial charge in [-0.3, -0.25) is 4.79 Å². The second kappa shape index (κ2) is 5.63. The molecule has 0 fully saturated rings. The number of carbonyl (C=O) groups is 2. The van der Waals surface area contributed by atoms with Crippen LogP contribution >= 0.6 is 11.3 Å². The van der Waals surface area contributed by atoms with Crippen molar-refractivity contribution in [1.29, 1.82) is 0 Å². The monoisotopic (exact) mass is 253 g/mol. The van der Waals surface area contributed by atoms with Crippen molar-refractivity contribution in [3.05, 3.63) is 33.5 Å². The van der Waals surface area contributed by atoms with E-state index in [0.717, 1.165) is 4.88 Å². The summed E-state index contributed by atoms with van der Waals surface area (Å²) in [6.07, 6.45) is 0. The Morgan fingerprint density at radius 2 is 2.00 bits per heavy atom. The smallest absolute Gasteiger partial charge is 0.331 e. The maximum Gasteiger partial charge on any atom is 0.331 e. The lowest BCUT2D eigenvalue weighted by molar-refractivity contribution is -0.133. The second-order valence-corrected chi connectivity index (χ2v) is 4.74. The van der Waals surface area contributed by atoms with E-state index in [1.54, 1.807) is 11.3 Å². The number of amides is 1. The van der Waals surface area contributed by atoms with Gasteiger partial charge < -0.3 is 10.4 Å². The van der Waals surface area contributed by atoms with E-state index >= 15 is 0 Å². The number of hydrogen-bond acceptors (Lipinski definition) is 3. The molecule has 2 N–H and O–H groups in total. The highest BCUT2D eigenvalue weighted by molar-refractivity contribution is 7.10. The van der Waals surface area contributed by atoms with Crippen LogP contribution in [0, 0.1) is 0 Å². The minimum Gasteiger partial charge on any atom is -0.478 e. The lowest BCUT2D eigenvalue weighted by atomic mass is 10.1. The normalized spacial score (nSPS) is 13.8. The first-order chi connectivity index (χ1) is 7.93. The van der Waals surface area contributed by atoms with Crippen molar-refractivity contribution in [2.75, 3.05) is 0 Å². The molecule has 92 valence electrons. The molecule has 17 heavy (non-hydrogen) atoms. The van der Waals surface area contributed by atoms with Gasteiger partial charge in [-0.25, -0.2) is 4.79 Å². The number of carbonyl (C=O) groups excluding carboxylic acids is 1. The highest BCUT2D eigenvalue weighted by atomic mass is 32.1. The number of hydrogen-bond donors (Lipinski definition) is 2. The molecule has 0 saturated carbocycles. The van der Waals surface area contributed by atoms with Crippen molar-refractivity contribution < 1.29 is 14.7 Å². The van der Waals surface area contributed by atoms with Crippen molar-refractivity contribution in [1.82, 2.24) is 5.32 Å². The molecule has 1 heterocycles. The maximum atomic E-state index is 11.8. The molecule has 0 aromatic carbocycles. The predicted molar refractivity (Wildman–Crippen MR) is 66.9 cm³/mol. The summed E-state index contributed by atoms with van der Waals surface area (Å²) in [6, 6.07) is 3.73. The summed E-state index contributed by atoms with van der Waals surface area (Å²) in [5.74, 6) is -1.41. The van der Waals surface area contributed by atoms with Crippen molar-refractivity contribution in [2.45, 2.75) is 26.8 Å². The average Bonchev–Trinajstić information content (AvgIpc) is 2.80. The summed E-state index contributed by atoms with van der Waals surface area (Å²) in [6.45, 7) is 4.81. The fraction of sp³-hybridized carbons (Fsp3) is 0.333. The van der Waals surface area contributed by atoms with Gasteiger partial charge in [-0.2, -0.15) is 0 Å². The van der Waals surface area contributed by atoms with E-state index in [2.05, 4.69) is 5.32 Å². The zero-order valence-electron chi connectivity index (χ0n) is 9.98. The van der Waals surface area contributed by atoms with Crippen LogP contribution in [0.15, 0.2) is 28.7 Å². The molecular formula is C12H15NO3S. The van der Waals surface area contributed by atoms with Crippen LogP contribution in [0.2, 0.25) is 0 Å². The first-order valence-corrected chi connectivity index (χ1v) is 6.06. The SMILES string of the molecule is C/C(C(=O)O)=C(\C)C(=O)N[C@@H](C)c1cccs1. The van der Waals surface area contributed by atoms with Crippen LogP contribution < -0.4 is 5.32 Å². The summed E-state index contributed by atoms with van der Waals surface area (Å²) in [4.78, 5) is 23.5. The van der Waals surface area contributed by atoms with Crippen molar-refractivity contribution in [3.8, 4) is 0 Å². The highest BCUT2D eigenvalue weighted by Gasteiger charge is 2.15. The fourth-order valence-electron chi connectivity index (χ4n) is 1.24. The molecule has 0 aliphatic carbocycles. The van der Waals surface area contributed by atoms with Gasteiger partial charge in [0, 0.05) is 16.0 Å². The molecule has 5 heteroatoms. The van der Waals surface area contributed by atoms with Crippen LogP contribution in [0.4, 0.5) is 0 Å². The van der Waals surface area contributed by atoms with Crippen molar-refractivity contribution >= 4 is 23.2 Å². The summed E-state index contributed by atoms with van der Waals surface area (Å²) in [5.41, 5.74) is 0.307. The number of rotatable bonds is 4. The van der Waals surface area contributed by atoms with E-state index in [0.29, 0.717) is 0 Å². The van der Waals surface area contributed by atoms with Crippen LogP contribution in [0.3, 0.4) is 0 Å². The Bertz CT molecular complexity index is 448. The maximum absolute atomic E-state index is 11.8. The lowest BCUT2D eigenvalue weighted by Gasteiger charge is -2.13. The van der Waals surface area contributed by atoms with Crippen LogP contribution in [0.1, 0.15) is 31.7 Å². The molecular weight excluding hydrogens is 238 g/mol. The van der Waals surface area contributed by atoms with E-state index in [1.165, 1.54) is 13.8 Å². The third kappa shape index (κ3) is 3.42. The Morgan fingerprint density at radius 3 is 2.47 bits per heavy atom. The number of nitrogens with one attached hydrogen (secondary N) is 1. The summed E-state index contributed by atoms with van der Waals surface area (Å²) >= 11 is 1.55. The molecule has 1 aromatic heterocycles. The fourth-order valence-corrected chi connectivity index (χ4v) is 1.98. The first-order valence-electron chi connectivity index (χ1n) is 5.18. The lowest BCUT2D eigenvalue weighted by Crippen LogP contribution is -2.28. The van der Waals surface area contributed by atoms with Crippen molar-refractivity contribution in [3.63, 3.8) is 0 Å². The highest BCUT2D eigenvalue weighted by Crippen LogP contribution is 2.18. The van der Waals surface area contributed by atoms with Gasteiger partial charge in [0.25, 0.3) is 0 Å². The zero-order valence-corrected chi connectivity index (χ0v) is 10.8. The van der Waals surface area contributed by atoms with Crippen LogP contribution in [0.25, 0.3) is 0 Å². The van der Waals surface area contributed by atoms with Crippen molar-refractivity contribution in [2.24, 2.45) is 0 Å². The Balaban J connectivity index is 2.74. The summed E-state index contributed by atoms with van der Waals surface area (Å²) < 4.78 is 0. The molecule has 1 rings (SSSR count). The van der Waals surface area contributed by atoms with Crippen LogP contribution in [0.5, 0.6) is 0 Å². The molecule has 4 nitrogen and oxygen atoms in total. The number of carboxylic acid groups (broad SMARTS) is 1. The van der Waals surface area contributed by atoms with Gasteiger partial charge in [0.05, 0.1) is 6.04 Å². The van der Waals surface area contributed by atoms with E-state index in [9.17, 15) is 9.59 Å². The third-order valence-electron chi connectivity index (χ3n) is 2.54. The largest absolute Gasteiger partial charge is 0.478 e. The van der Waals surface area contributed by atoms with E-state index in [1.807, 2.05) is 24.4 Å². The number of thiophene rings is 1. The molecule has 1 aromatic rings. The molecule has 0 aliphatic rings. The van der Waals surface area contributed by atoms with E-state index in [4.69, 9.17) is 5.11 Å². The molecule has 0 radical (unpaired) electrons. The standard InChI is InChI=1S/C12H15NO3S/c1-7(8(2)12(15)16)11(14)13-9(3)10-5-4-6-17-10/h4-6,9H,1-3H3,(H,13,14)(H,15,16)/b8-7-/t9-/m0/s1. The third-order valence-corrected chi connectivity index (χ3v) is 3.60. The Hall–Kier alpha value is -1.62. The molecule has 1 atom stereocenters. The summed E-state index contributed by atoms with van der Waals surface area (Å²) in [5, 5.41) is 13.5. The Morgan fingerprint density at radius 1 is 1.35 bits per heavy atom. The van der Waals surface area contributed by atoms with Gasteiger partial charge in [-0.1, -0.05) is 6.07 Å². The van der Waals surface area contributed by atoms with E-state index < -0.39 is 5.97 Å². The topological polar surface area (TPSA) is 66.4 Å². The quantitative estimate of drug-likeness (QED) is 0.809. The number of aliphatic carboxylic acids is 1. The predicted octanol–water partition coefficient (Wildman–Crippen LogP) is 2.35. The Labute approximate surface area is 104 Å². The van der Waals surface area contributed by atoms with Gasteiger partial charge >= 0.3 is 5.97 Å². The van der Waals surface area contributed by atoms with Gasteiger partial charge in [0.15, 0.2) is 0 Å². The number of carboxylic acids is 1. The molecule has 0 unspecified atom stereocenters. The minimum absolute atomic E-state index is 0.0703. The van der Waals surface area contributed by atoms with Gasteiger partial charge in [-0.05, 0) is 32.2 Å². The average molecular weight is 253 g/mol. The molecule has 1 amide bonds. The van der Waals surface area contributed by atoms with Gasteiger partial charge in [0.2, 0.25) is 5.91 Å². The minimum atomic E-state index is -1.07. The zero-order chi connectivity index (χ0) is 13.0. The van der Waals surface area contributed by atoms with Crippen LogP contribution in [-0.4, -0.2) is 17.0 Å². The second-order valence-electron chi connectivity index (χ2n) is 3.77. The molecule has 0 spiro atoms. The molecule has 0 aliphatic heterocycles.